The van der Waals surface area contributed by atoms with E-state index in [1.54, 1.807) is 26.1 Å². The first-order chi connectivity index (χ1) is 12.2. The molecule has 1 amide bonds. The Labute approximate surface area is 155 Å². The number of nitrogens with zero attached hydrogens (tertiary/aromatic N) is 3. The summed E-state index contributed by atoms with van der Waals surface area (Å²) in [7, 11) is 5.11. The number of amides is 1. The van der Waals surface area contributed by atoms with Gasteiger partial charge < -0.3 is 14.7 Å². The third-order valence-electron chi connectivity index (χ3n) is 4.87. The molecule has 0 aliphatic carbocycles. The van der Waals surface area contributed by atoms with Gasteiger partial charge in [-0.3, -0.25) is 19.4 Å². The minimum absolute atomic E-state index is 0.0645. The number of aryl methyl sites for hydroxylation is 2. The smallest absolute Gasteiger partial charge is 0.325 e. The molecule has 1 unspecified atom stereocenters. The quantitative estimate of drug-likeness (QED) is 0.817. The summed E-state index contributed by atoms with van der Waals surface area (Å²) in [5.74, 6) is 0.00586. The number of rotatable bonds is 6. The van der Waals surface area contributed by atoms with Crippen molar-refractivity contribution in [2.45, 2.75) is 19.9 Å². The molecule has 1 heterocycles. The fourth-order valence-electron chi connectivity index (χ4n) is 3.49. The number of benzene rings is 1. The molecule has 0 aromatic heterocycles. The summed E-state index contributed by atoms with van der Waals surface area (Å²) >= 11 is 0. The second-order valence-electron chi connectivity index (χ2n) is 7.03. The van der Waals surface area contributed by atoms with Crippen LogP contribution >= 0.6 is 0 Å². The van der Waals surface area contributed by atoms with Crippen molar-refractivity contribution in [3.05, 3.63) is 28.8 Å². The molecule has 1 aromatic carbocycles. The number of carboxylic acids is 1. The molecular formula is C19H29N3O4. The fourth-order valence-corrected chi connectivity index (χ4v) is 3.49. The van der Waals surface area contributed by atoms with Gasteiger partial charge in [-0.1, -0.05) is 12.1 Å². The summed E-state index contributed by atoms with van der Waals surface area (Å²) in [5.41, 5.74) is 2.64. The van der Waals surface area contributed by atoms with Crippen LogP contribution in [0, 0.1) is 13.8 Å². The normalized spacial score (nSPS) is 17.0. The van der Waals surface area contributed by atoms with Crippen molar-refractivity contribution < 1.29 is 19.4 Å². The molecule has 2 rings (SSSR count). The van der Waals surface area contributed by atoms with Crippen LogP contribution in [0.15, 0.2) is 12.1 Å². The number of carbonyl (C=O) groups is 2. The first-order valence-corrected chi connectivity index (χ1v) is 8.79. The highest BCUT2D eigenvalue weighted by Gasteiger charge is 2.31. The lowest BCUT2D eigenvalue weighted by Gasteiger charge is -2.38. The second kappa shape index (κ2) is 8.51. The van der Waals surface area contributed by atoms with E-state index in [0.717, 1.165) is 22.4 Å². The van der Waals surface area contributed by atoms with Gasteiger partial charge in [-0.25, -0.2) is 0 Å². The van der Waals surface area contributed by atoms with Gasteiger partial charge in [0.2, 0.25) is 5.91 Å². The van der Waals surface area contributed by atoms with Gasteiger partial charge in [0.25, 0.3) is 0 Å². The minimum atomic E-state index is -0.855. The summed E-state index contributed by atoms with van der Waals surface area (Å²) in [5, 5.41) is 9.82. The number of carboxylic acid groups (broad SMARTS) is 1. The molecule has 26 heavy (non-hydrogen) atoms. The van der Waals surface area contributed by atoms with Crippen LogP contribution in [0.4, 0.5) is 0 Å². The zero-order chi connectivity index (χ0) is 19.4. The van der Waals surface area contributed by atoms with Gasteiger partial charge in [0.15, 0.2) is 0 Å². The number of hydrogen-bond donors (Lipinski definition) is 1. The number of likely N-dealkylation sites (N-methyl/N-ethyl adjacent to an activating group) is 1. The van der Waals surface area contributed by atoms with Gasteiger partial charge >= 0.3 is 5.97 Å². The van der Waals surface area contributed by atoms with Crippen molar-refractivity contribution in [1.82, 2.24) is 14.7 Å². The van der Waals surface area contributed by atoms with E-state index in [-0.39, 0.29) is 5.91 Å². The fraction of sp³-hybridized carbons (Fsp3) is 0.579. The van der Waals surface area contributed by atoms with E-state index < -0.39 is 12.0 Å². The van der Waals surface area contributed by atoms with Crippen molar-refractivity contribution in [3.8, 4) is 5.75 Å². The first kappa shape index (κ1) is 20.2. The Morgan fingerprint density at radius 1 is 1.15 bits per heavy atom. The van der Waals surface area contributed by atoms with Crippen molar-refractivity contribution in [3.63, 3.8) is 0 Å². The monoisotopic (exact) mass is 363 g/mol. The number of hydrogen-bond acceptors (Lipinski definition) is 5. The maximum atomic E-state index is 12.0. The molecule has 1 atom stereocenters. The van der Waals surface area contributed by atoms with E-state index in [9.17, 15) is 14.7 Å². The van der Waals surface area contributed by atoms with Gasteiger partial charge in [0.05, 0.1) is 13.7 Å². The van der Waals surface area contributed by atoms with Crippen molar-refractivity contribution in [2.24, 2.45) is 0 Å². The van der Waals surface area contributed by atoms with Crippen molar-refractivity contribution in [2.75, 3.05) is 53.9 Å². The van der Waals surface area contributed by atoms with E-state index in [0.29, 0.717) is 32.7 Å². The Balaban J connectivity index is 2.13. The highest BCUT2D eigenvalue weighted by atomic mass is 16.5. The molecule has 0 bridgehead atoms. The van der Waals surface area contributed by atoms with Crippen LogP contribution in [-0.4, -0.2) is 85.6 Å². The average molecular weight is 363 g/mol. The number of ether oxygens (including phenoxy) is 1. The Morgan fingerprint density at radius 3 is 2.12 bits per heavy atom. The molecule has 1 aliphatic heterocycles. The van der Waals surface area contributed by atoms with Gasteiger partial charge in [-0.15, -0.1) is 0 Å². The van der Waals surface area contributed by atoms with Gasteiger partial charge in [-0.2, -0.15) is 0 Å². The summed E-state index contributed by atoms with van der Waals surface area (Å²) in [6, 6.07) is 3.10. The van der Waals surface area contributed by atoms with Crippen molar-refractivity contribution >= 4 is 11.9 Å². The predicted molar refractivity (Wildman–Crippen MR) is 99.6 cm³/mol. The predicted octanol–water partition coefficient (Wildman–Crippen LogP) is 1.14. The molecule has 1 N–H and O–H groups in total. The Kier molecular flexibility index (Phi) is 6.61. The Morgan fingerprint density at radius 2 is 1.69 bits per heavy atom. The van der Waals surface area contributed by atoms with E-state index >= 15 is 0 Å². The third-order valence-corrected chi connectivity index (χ3v) is 4.87. The maximum absolute atomic E-state index is 12.0. The standard InChI is InChI=1S/C19H29N3O4/c1-13-10-15(11-14(2)18(13)26-5)17(19(24)25)22-8-6-21(7-9-22)12-16(23)20(3)4/h10-11,17H,6-9,12H2,1-5H3,(H,24,25). The lowest BCUT2D eigenvalue weighted by molar-refractivity contribution is -0.145. The van der Waals surface area contributed by atoms with Gasteiger partial charge in [-0.05, 0) is 30.5 Å². The number of aliphatic carboxylic acids is 1. The second-order valence-corrected chi connectivity index (χ2v) is 7.03. The topological polar surface area (TPSA) is 73.3 Å². The van der Waals surface area contributed by atoms with Gasteiger partial charge in [0.1, 0.15) is 11.8 Å². The lowest BCUT2D eigenvalue weighted by Crippen LogP contribution is -2.51. The van der Waals surface area contributed by atoms with Crippen LogP contribution in [0.3, 0.4) is 0 Å². The zero-order valence-electron chi connectivity index (χ0n) is 16.3. The lowest BCUT2D eigenvalue weighted by atomic mass is 9.98. The van der Waals surface area contributed by atoms with E-state index in [4.69, 9.17) is 4.74 Å². The van der Waals surface area contributed by atoms with E-state index in [2.05, 4.69) is 4.90 Å². The van der Waals surface area contributed by atoms with E-state index in [1.807, 2.05) is 30.9 Å². The van der Waals surface area contributed by atoms with Gasteiger partial charge in [0, 0.05) is 40.3 Å². The first-order valence-electron chi connectivity index (χ1n) is 8.79. The molecule has 1 saturated heterocycles. The Bertz CT molecular complexity index is 644. The summed E-state index contributed by atoms with van der Waals surface area (Å²) in [6.07, 6.45) is 0. The highest BCUT2D eigenvalue weighted by Crippen LogP contribution is 2.30. The van der Waals surface area contributed by atoms with Crippen LogP contribution in [-0.2, 0) is 9.59 Å². The van der Waals surface area contributed by atoms with Crippen LogP contribution in [0.1, 0.15) is 22.7 Å². The highest BCUT2D eigenvalue weighted by molar-refractivity contribution is 5.78. The van der Waals surface area contributed by atoms with Crippen LogP contribution < -0.4 is 4.74 Å². The average Bonchev–Trinajstić information content (AvgIpc) is 2.56. The zero-order valence-corrected chi connectivity index (χ0v) is 16.3. The SMILES string of the molecule is COc1c(C)cc(C(C(=O)O)N2CCN(CC(=O)N(C)C)CC2)cc1C. The van der Waals surface area contributed by atoms with Crippen molar-refractivity contribution in [1.29, 1.82) is 0 Å². The van der Waals surface area contributed by atoms with Crippen LogP contribution in [0.25, 0.3) is 0 Å². The molecule has 7 heteroatoms. The number of carbonyl (C=O) groups excluding carboxylic acids is 1. The summed E-state index contributed by atoms with van der Waals surface area (Å²) < 4.78 is 5.38. The number of methoxy groups -OCH3 is 1. The molecule has 0 radical (unpaired) electrons. The number of piperazine rings is 1. The molecule has 1 aromatic rings. The largest absolute Gasteiger partial charge is 0.496 e. The molecule has 7 nitrogen and oxygen atoms in total. The summed E-state index contributed by atoms with van der Waals surface area (Å²) in [6.45, 7) is 6.82. The molecule has 0 spiro atoms. The molecule has 1 aliphatic rings. The molecule has 0 saturated carbocycles. The Hall–Kier alpha value is -2.12. The maximum Gasteiger partial charge on any atom is 0.325 e. The molecule has 144 valence electrons. The molecule has 1 fully saturated rings. The van der Waals surface area contributed by atoms with Crippen LogP contribution in [0.5, 0.6) is 5.75 Å². The third kappa shape index (κ3) is 4.53. The van der Waals surface area contributed by atoms with E-state index in [1.165, 1.54) is 0 Å². The van der Waals surface area contributed by atoms with Crippen LogP contribution in [0.2, 0.25) is 0 Å². The molecular weight excluding hydrogens is 334 g/mol. The minimum Gasteiger partial charge on any atom is -0.496 e. The summed E-state index contributed by atoms with van der Waals surface area (Å²) in [4.78, 5) is 29.5.